The van der Waals surface area contributed by atoms with Gasteiger partial charge in [0, 0.05) is 18.7 Å². The van der Waals surface area contributed by atoms with Crippen LogP contribution in [0.25, 0.3) is 0 Å². The zero-order valence-corrected chi connectivity index (χ0v) is 9.77. The highest BCUT2D eigenvalue weighted by Crippen LogP contribution is 2.55. The van der Waals surface area contributed by atoms with Gasteiger partial charge in [-0.05, 0) is 30.0 Å². The minimum absolute atomic E-state index is 0.138. The molecule has 3 rings (SSSR count). The fraction of sp³-hybridized carbons (Fsp3) is 0.385. The van der Waals surface area contributed by atoms with Gasteiger partial charge in [0.2, 0.25) is 5.91 Å². The van der Waals surface area contributed by atoms with E-state index in [0.717, 1.165) is 24.0 Å². The Morgan fingerprint density at radius 1 is 1.41 bits per heavy atom. The molecular formula is C13H13NO3. The van der Waals surface area contributed by atoms with Gasteiger partial charge >= 0.3 is 0 Å². The van der Waals surface area contributed by atoms with Gasteiger partial charge in [0.15, 0.2) is 6.29 Å². The molecule has 0 N–H and O–H groups in total. The predicted octanol–water partition coefficient (Wildman–Crippen LogP) is 1.59. The summed E-state index contributed by atoms with van der Waals surface area (Å²) in [4.78, 5) is 24.5. The van der Waals surface area contributed by atoms with Crippen molar-refractivity contribution >= 4 is 17.9 Å². The van der Waals surface area contributed by atoms with Crippen LogP contribution >= 0.6 is 0 Å². The second-order valence-electron chi connectivity index (χ2n) is 4.62. The monoisotopic (exact) mass is 231 g/mol. The first-order chi connectivity index (χ1) is 8.17. The van der Waals surface area contributed by atoms with Crippen molar-refractivity contribution in [3.8, 4) is 5.75 Å². The zero-order chi connectivity index (χ0) is 12.2. The molecule has 0 unspecified atom stereocenters. The van der Waals surface area contributed by atoms with Crippen LogP contribution in [0.2, 0.25) is 0 Å². The Labute approximate surface area is 99.2 Å². The summed E-state index contributed by atoms with van der Waals surface area (Å²) in [6.45, 7) is 0. The standard InChI is InChI=1S/C13H13NO3/c1-14-11-3-7(6-15)12(17-2)5-9(11)8-4-10(8)13(14)16/h3,5-6,8,10H,4H2,1-2H3/t8-,10-/m1/s1. The Balaban J connectivity index is 2.18. The van der Waals surface area contributed by atoms with Crippen molar-refractivity contribution in [2.24, 2.45) is 5.92 Å². The number of carbonyl (C=O) groups excluding carboxylic acids is 2. The fourth-order valence-electron chi connectivity index (χ4n) is 2.64. The van der Waals surface area contributed by atoms with Gasteiger partial charge in [-0.15, -0.1) is 0 Å². The maximum absolute atomic E-state index is 11.9. The van der Waals surface area contributed by atoms with Crippen LogP contribution in [0.1, 0.15) is 28.3 Å². The molecule has 1 amide bonds. The van der Waals surface area contributed by atoms with Crippen LogP contribution in [0.15, 0.2) is 12.1 Å². The Morgan fingerprint density at radius 3 is 2.82 bits per heavy atom. The highest BCUT2D eigenvalue weighted by molar-refractivity contribution is 6.02. The second-order valence-corrected chi connectivity index (χ2v) is 4.62. The lowest BCUT2D eigenvalue weighted by atomic mass is 9.98. The number of fused-ring (bicyclic) bond motifs is 3. The number of nitrogens with zero attached hydrogens (tertiary/aromatic N) is 1. The highest BCUT2D eigenvalue weighted by Gasteiger charge is 2.50. The van der Waals surface area contributed by atoms with Crippen molar-refractivity contribution in [2.75, 3.05) is 19.1 Å². The Kier molecular flexibility index (Phi) is 2.02. The van der Waals surface area contributed by atoms with Gasteiger partial charge in [0.05, 0.1) is 12.7 Å². The highest BCUT2D eigenvalue weighted by atomic mass is 16.5. The predicted molar refractivity (Wildman–Crippen MR) is 62.6 cm³/mol. The lowest BCUT2D eigenvalue weighted by Crippen LogP contribution is -2.32. The number of ether oxygens (including phenoxy) is 1. The summed E-state index contributed by atoms with van der Waals surface area (Å²) < 4.78 is 5.20. The number of hydrogen-bond donors (Lipinski definition) is 0. The minimum atomic E-state index is 0.138. The van der Waals surface area contributed by atoms with E-state index in [1.165, 1.54) is 0 Å². The number of amides is 1. The molecule has 2 atom stereocenters. The summed E-state index contributed by atoms with van der Waals surface area (Å²) in [7, 11) is 3.31. The molecule has 0 radical (unpaired) electrons. The van der Waals surface area contributed by atoms with E-state index in [0.29, 0.717) is 17.2 Å². The van der Waals surface area contributed by atoms with E-state index in [-0.39, 0.29) is 11.8 Å². The molecule has 17 heavy (non-hydrogen) atoms. The van der Waals surface area contributed by atoms with Gasteiger partial charge in [-0.1, -0.05) is 0 Å². The quantitative estimate of drug-likeness (QED) is 0.726. The SMILES string of the molecule is COc1cc2c(cc1C=O)N(C)C(=O)[C@@H]1C[C@H]21. The third-order valence-corrected chi connectivity index (χ3v) is 3.71. The summed E-state index contributed by atoms with van der Waals surface area (Å²) >= 11 is 0. The summed E-state index contributed by atoms with van der Waals surface area (Å²) in [5, 5.41) is 0. The Morgan fingerprint density at radius 2 is 2.18 bits per heavy atom. The van der Waals surface area contributed by atoms with Gasteiger partial charge < -0.3 is 9.64 Å². The van der Waals surface area contributed by atoms with E-state index >= 15 is 0 Å². The first-order valence-electron chi connectivity index (χ1n) is 5.62. The van der Waals surface area contributed by atoms with Crippen molar-refractivity contribution in [3.05, 3.63) is 23.3 Å². The maximum Gasteiger partial charge on any atom is 0.230 e. The van der Waals surface area contributed by atoms with Crippen molar-refractivity contribution < 1.29 is 14.3 Å². The lowest BCUT2D eigenvalue weighted by Gasteiger charge is -2.26. The van der Waals surface area contributed by atoms with E-state index < -0.39 is 0 Å². The average Bonchev–Trinajstić information content (AvgIpc) is 3.14. The van der Waals surface area contributed by atoms with Crippen LogP contribution in [-0.4, -0.2) is 26.4 Å². The van der Waals surface area contributed by atoms with E-state index in [1.54, 1.807) is 25.1 Å². The molecule has 1 aliphatic carbocycles. The zero-order valence-electron chi connectivity index (χ0n) is 9.77. The molecule has 88 valence electrons. The molecule has 2 aliphatic rings. The summed E-state index contributed by atoms with van der Waals surface area (Å²) in [5.41, 5.74) is 2.46. The van der Waals surface area contributed by atoms with Crippen LogP contribution in [-0.2, 0) is 4.79 Å². The largest absolute Gasteiger partial charge is 0.496 e. The Bertz CT molecular complexity index is 524. The molecule has 0 saturated heterocycles. The third-order valence-electron chi connectivity index (χ3n) is 3.71. The number of carbonyl (C=O) groups is 2. The average molecular weight is 231 g/mol. The maximum atomic E-state index is 11.9. The number of methoxy groups -OCH3 is 1. The normalized spacial score (nSPS) is 25.1. The van der Waals surface area contributed by atoms with Gasteiger partial charge in [-0.3, -0.25) is 9.59 Å². The van der Waals surface area contributed by atoms with Crippen LogP contribution in [0.4, 0.5) is 5.69 Å². The molecule has 1 aromatic carbocycles. The fourth-order valence-corrected chi connectivity index (χ4v) is 2.64. The van der Waals surface area contributed by atoms with Gasteiger partial charge in [-0.2, -0.15) is 0 Å². The van der Waals surface area contributed by atoms with Crippen LogP contribution < -0.4 is 9.64 Å². The number of anilines is 1. The smallest absolute Gasteiger partial charge is 0.230 e. The number of aldehydes is 1. The van der Waals surface area contributed by atoms with Crippen molar-refractivity contribution in [1.29, 1.82) is 0 Å². The second kappa shape index (κ2) is 3.32. The van der Waals surface area contributed by atoms with E-state index in [1.807, 2.05) is 6.07 Å². The number of benzene rings is 1. The third kappa shape index (κ3) is 1.30. The van der Waals surface area contributed by atoms with Gasteiger partial charge in [0.25, 0.3) is 0 Å². The first kappa shape index (κ1) is 10.3. The number of hydrogen-bond acceptors (Lipinski definition) is 3. The first-order valence-corrected chi connectivity index (χ1v) is 5.62. The molecule has 0 spiro atoms. The molecule has 1 heterocycles. The Hall–Kier alpha value is -1.84. The molecule has 0 bridgehead atoms. The molecular weight excluding hydrogens is 218 g/mol. The molecule has 1 aliphatic heterocycles. The topological polar surface area (TPSA) is 46.6 Å². The van der Waals surface area contributed by atoms with E-state index in [9.17, 15) is 9.59 Å². The van der Waals surface area contributed by atoms with Crippen molar-refractivity contribution in [2.45, 2.75) is 12.3 Å². The van der Waals surface area contributed by atoms with Crippen LogP contribution in [0.3, 0.4) is 0 Å². The number of rotatable bonds is 2. The van der Waals surface area contributed by atoms with Crippen LogP contribution in [0.5, 0.6) is 5.75 Å². The van der Waals surface area contributed by atoms with E-state index in [4.69, 9.17) is 4.74 Å². The molecule has 1 saturated carbocycles. The van der Waals surface area contributed by atoms with Gasteiger partial charge in [-0.25, -0.2) is 0 Å². The summed E-state index contributed by atoms with van der Waals surface area (Å²) in [6.07, 6.45) is 1.68. The minimum Gasteiger partial charge on any atom is -0.496 e. The molecule has 4 heteroatoms. The van der Waals surface area contributed by atoms with Crippen LogP contribution in [0, 0.1) is 5.92 Å². The summed E-state index contributed by atoms with van der Waals surface area (Å²) in [5.74, 6) is 1.21. The van der Waals surface area contributed by atoms with Gasteiger partial charge in [0.1, 0.15) is 5.75 Å². The van der Waals surface area contributed by atoms with Crippen molar-refractivity contribution in [3.63, 3.8) is 0 Å². The van der Waals surface area contributed by atoms with E-state index in [2.05, 4.69) is 0 Å². The lowest BCUT2D eigenvalue weighted by molar-refractivity contribution is -0.119. The molecule has 0 aromatic heterocycles. The van der Waals surface area contributed by atoms with Crippen molar-refractivity contribution in [1.82, 2.24) is 0 Å². The summed E-state index contributed by atoms with van der Waals surface area (Å²) in [6, 6.07) is 3.64. The molecule has 1 fully saturated rings. The molecule has 1 aromatic rings. The molecule has 4 nitrogen and oxygen atoms in total.